The van der Waals surface area contributed by atoms with Gasteiger partial charge in [-0.1, -0.05) is 6.42 Å². The van der Waals surface area contributed by atoms with Crippen molar-refractivity contribution < 1.29 is 4.42 Å². The molecule has 0 aromatic carbocycles. The van der Waals surface area contributed by atoms with Gasteiger partial charge in [-0.05, 0) is 25.7 Å². The van der Waals surface area contributed by atoms with Crippen LogP contribution in [0.3, 0.4) is 0 Å². The molecule has 0 saturated heterocycles. The summed E-state index contributed by atoms with van der Waals surface area (Å²) in [6.07, 6.45) is 5.19. The van der Waals surface area contributed by atoms with Crippen LogP contribution >= 0.6 is 0 Å². The van der Waals surface area contributed by atoms with E-state index in [1.165, 1.54) is 6.42 Å². The Balaban J connectivity index is 2.53. The Morgan fingerprint density at radius 1 is 1.23 bits per heavy atom. The maximum absolute atomic E-state index is 11.4. The van der Waals surface area contributed by atoms with E-state index in [2.05, 4.69) is 4.98 Å². The SMILES string of the molecule is Cc1nc2c(c(=O)o1)CCCCC2. The third-order valence-corrected chi connectivity index (χ3v) is 2.47. The van der Waals surface area contributed by atoms with Crippen molar-refractivity contribution in [3.05, 3.63) is 27.6 Å². The molecule has 3 nitrogen and oxygen atoms in total. The van der Waals surface area contributed by atoms with Crippen LogP contribution in [0.1, 0.15) is 36.4 Å². The van der Waals surface area contributed by atoms with E-state index in [-0.39, 0.29) is 5.63 Å². The lowest BCUT2D eigenvalue weighted by molar-refractivity contribution is 0.443. The van der Waals surface area contributed by atoms with E-state index >= 15 is 0 Å². The number of nitrogens with zero attached hydrogens (tertiary/aromatic N) is 1. The lowest BCUT2D eigenvalue weighted by atomic mass is 10.1. The lowest BCUT2D eigenvalue weighted by Crippen LogP contribution is -2.13. The first-order valence-corrected chi connectivity index (χ1v) is 4.77. The molecule has 1 heterocycles. The maximum atomic E-state index is 11.4. The minimum absolute atomic E-state index is 0.176. The molecule has 0 radical (unpaired) electrons. The van der Waals surface area contributed by atoms with Gasteiger partial charge >= 0.3 is 5.63 Å². The molecule has 0 aliphatic heterocycles. The molecule has 1 aromatic rings. The number of hydrogen-bond acceptors (Lipinski definition) is 3. The second kappa shape index (κ2) is 3.32. The molecular weight excluding hydrogens is 166 g/mol. The first kappa shape index (κ1) is 8.48. The number of hydrogen-bond donors (Lipinski definition) is 0. The molecular formula is C10H13NO2. The third-order valence-electron chi connectivity index (χ3n) is 2.47. The monoisotopic (exact) mass is 179 g/mol. The average Bonchev–Trinajstić information content (AvgIpc) is 2.28. The summed E-state index contributed by atoms with van der Waals surface area (Å²) in [5, 5.41) is 0. The van der Waals surface area contributed by atoms with Crippen molar-refractivity contribution in [2.24, 2.45) is 0 Å². The van der Waals surface area contributed by atoms with Gasteiger partial charge in [0.2, 0.25) is 0 Å². The van der Waals surface area contributed by atoms with Gasteiger partial charge in [-0.3, -0.25) is 0 Å². The molecule has 0 N–H and O–H groups in total. The summed E-state index contributed by atoms with van der Waals surface area (Å²) in [6.45, 7) is 1.73. The molecule has 0 unspecified atom stereocenters. The van der Waals surface area contributed by atoms with Crippen LogP contribution in [0.25, 0.3) is 0 Å². The standard InChI is InChI=1S/C10H13NO2/c1-7-11-9-6-4-2-3-5-8(9)10(12)13-7/h2-6H2,1H3. The fraction of sp³-hybridized carbons (Fsp3) is 0.600. The van der Waals surface area contributed by atoms with Crippen LogP contribution in [0.5, 0.6) is 0 Å². The van der Waals surface area contributed by atoms with Gasteiger partial charge in [-0.15, -0.1) is 0 Å². The molecule has 0 spiro atoms. The summed E-state index contributed by atoms with van der Waals surface area (Å²) in [7, 11) is 0. The number of fused-ring (bicyclic) bond motifs is 1. The zero-order chi connectivity index (χ0) is 9.26. The van der Waals surface area contributed by atoms with Crippen LogP contribution in [0, 0.1) is 6.92 Å². The molecule has 1 aromatic heterocycles. The number of rotatable bonds is 0. The van der Waals surface area contributed by atoms with Gasteiger partial charge in [0.05, 0.1) is 11.3 Å². The van der Waals surface area contributed by atoms with Crippen molar-refractivity contribution in [2.75, 3.05) is 0 Å². The van der Waals surface area contributed by atoms with Crippen LogP contribution in [-0.2, 0) is 12.8 Å². The highest BCUT2D eigenvalue weighted by atomic mass is 16.4. The quantitative estimate of drug-likeness (QED) is 0.568. The van der Waals surface area contributed by atoms with E-state index in [0.717, 1.165) is 36.9 Å². The fourth-order valence-electron chi connectivity index (χ4n) is 1.82. The summed E-state index contributed by atoms with van der Waals surface area (Å²) >= 11 is 0. The predicted molar refractivity (Wildman–Crippen MR) is 48.8 cm³/mol. The Morgan fingerprint density at radius 2 is 2.00 bits per heavy atom. The van der Waals surface area contributed by atoms with E-state index in [9.17, 15) is 4.79 Å². The van der Waals surface area contributed by atoms with Crippen LogP contribution in [0.2, 0.25) is 0 Å². The number of aryl methyl sites for hydroxylation is 2. The Hall–Kier alpha value is -1.12. The first-order valence-electron chi connectivity index (χ1n) is 4.77. The van der Waals surface area contributed by atoms with E-state index < -0.39 is 0 Å². The van der Waals surface area contributed by atoms with E-state index in [1.807, 2.05) is 0 Å². The van der Waals surface area contributed by atoms with Crippen LogP contribution in [0.15, 0.2) is 9.21 Å². The van der Waals surface area contributed by atoms with Crippen molar-refractivity contribution >= 4 is 0 Å². The zero-order valence-electron chi connectivity index (χ0n) is 7.80. The van der Waals surface area contributed by atoms with Crippen LogP contribution < -0.4 is 5.63 Å². The average molecular weight is 179 g/mol. The van der Waals surface area contributed by atoms with Gasteiger partial charge in [0.15, 0.2) is 5.89 Å². The molecule has 0 fully saturated rings. The van der Waals surface area contributed by atoms with Gasteiger partial charge in [-0.25, -0.2) is 9.78 Å². The highest BCUT2D eigenvalue weighted by Crippen LogP contribution is 2.15. The minimum Gasteiger partial charge on any atom is -0.408 e. The van der Waals surface area contributed by atoms with Crippen LogP contribution in [-0.4, -0.2) is 4.98 Å². The Bertz CT molecular complexity index is 368. The molecule has 0 amide bonds. The largest absolute Gasteiger partial charge is 0.408 e. The normalized spacial score (nSPS) is 16.4. The van der Waals surface area contributed by atoms with Gasteiger partial charge in [-0.2, -0.15) is 0 Å². The number of aromatic nitrogens is 1. The highest BCUT2D eigenvalue weighted by molar-refractivity contribution is 5.17. The molecule has 70 valence electrons. The van der Waals surface area contributed by atoms with E-state index in [1.54, 1.807) is 6.92 Å². The summed E-state index contributed by atoms with van der Waals surface area (Å²) in [5.41, 5.74) is 1.60. The molecule has 0 atom stereocenters. The highest BCUT2D eigenvalue weighted by Gasteiger charge is 2.14. The fourth-order valence-corrected chi connectivity index (χ4v) is 1.82. The zero-order valence-corrected chi connectivity index (χ0v) is 7.80. The molecule has 0 saturated carbocycles. The Morgan fingerprint density at radius 3 is 2.85 bits per heavy atom. The van der Waals surface area contributed by atoms with Gasteiger partial charge in [0.25, 0.3) is 0 Å². The molecule has 3 heteroatoms. The lowest BCUT2D eigenvalue weighted by Gasteiger charge is -2.01. The smallest absolute Gasteiger partial charge is 0.342 e. The second-order valence-electron chi connectivity index (χ2n) is 3.51. The topological polar surface area (TPSA) is 43.1 Å². The van der Waals surface area contributed by atoms with Crippen molar-refractivity contribution in [1.82, 2.24) is 4.98 Å². The summed E-state index contributed by atoms with van der Waals surface area (Å²) in [5.74, 6) is 0.491. The molecule has 13 heavy (non-hydrogen) atoms. The van der Waals surface area contributed by atoms with Crippen molar-refractivity contribution in [3.63, 3.8) is 0 Å². The van der Waals surface area contributed by atoms with Crippen LogP contribution in [0.4, 0.5) is 0 Å². The minimum atomic E-state index is -0.176. The summed E-state index contributed by atoms with van der Waals surface area (Å²) < 4.78 is 4.96. The molecule has 1 aliphatic rings. The first-order chi connectivity index (χ1) is 6.27. The Kier molecular flexibility index (Phi) is 2.17. The van der Waals surface area contributed by atoms with Gasteiger partial charge in [0.1, 0.15) is 0 Å². The third kappa shape index (κ3) is 1.64. The summed E-state index contributed by atoms with van der Waals surface area (Å²) in [6, 6.07) is 0. The Labute approximate surface area is 76.8 Å². The molecule has 2 rings (SSSR count). The second-order valence-corrected chi connectivity index (χ2v) is 3.51. The maximum Gasteiger partial charge on any atom is 0.342 e. The molecule has 0 bridgehead atoms. The van der Waals surface area contributed by atoms with Crippen molar-refractivity contribution in [3.8, 4) is 0 Å². The van der Waals surface area contributed by atoms with E-state index in [0.29, 0.717) is 5.89 Å². The van der Waals surface area contributed by atoms with Gasteiger partial charge in [0, 0.05) is 6.92 Å². The van der Waals surface area contributed by atoms with Crippen molar-refractivity contribution in [2.45, 2.75) is 39.0 Å². The summed E-state index contributed by atoms with van der Waals surface area (Å²) in [4.78, 5) is 15.7. The van der Waals surface area contributed by atoms with Crippen molar-refractivity contribution in [1.29, 1.82) is 0 Å². The van der Waals surface area contributed by atoms with E-state index in [4.69, 9.17) is 4.42 Å². The van der Waals surface area contributed by atoms with Gasteiger partial charge < -0.3 is 4.42 Å². The molecule has 1 aliphatic carbocycles. The predicted octanol–water partition coefficient (Wildman–Crippen LogP) is 1.61.